The van der Waals surface area contributed by atoms with Crippen LogP contribution in [0.15, 0.2) is 36.4 Å². The number of nitrogens with zero attached hydrogens (tertiary/aromatic N) is 1. The molecule has 0 aliphatic heterocycles. The van der Waals surface area contributed by atoms with Crippen LogP contribution in [0.25, 0.3) is 10.9 Å². The Morgan fingerprint density at radius 2 is 1.49 bits per heavy atom. The van der Waals surface area contributed by atoms with Gasteiger partial charge in [-0.25, -0.2) is 4.39 Å². The number of hydrogen-bond acceptors (Lipinski definition) is 10. The second kappa shape index (κ2) is 25.6. The number of ether oxygens (including phenoxy) is 1. The number of carbonyl (C=O) groups excluding carboxylic acids is 8. The molecule has 0 bridgehead atoms. The molecule has 68 heavy (non-hydrogen) atoms. The third-order valence-corrected chi connectivity index (χ3v) is 12.0. The number of halogens is 1. The van der Waals surface area contributed by atoms with Gasteiger partial charge in [0.1, 0.15) is 24.7 Å². The van der Waals surface area contributed by atoms with Gasteiger partial charge in [0.2, 0.25) is 47.3 Å². The van der Waals surface area contributed by atoms with Gasteiger partial charge >= 0.3 is 0 Å². The highest BCUT2D eigenvalue weighted by atomic mass is 19.1. The number of benzene rings is 2. The van der Waals surface area contributed by atoms with Gasteiger partial charge in [0.05, 0.1) is 31.2 Å². The zero-order valence-corrected chi connectivity index (χ0v) is 39.7. The third-order valence-electron chi connectivity index (χ3n) is 12.0. The normalized spacial score (nSPS) is 14.8. The number of pyridine rings is 1. The third kappa shape index (κ3) is 15.5. The van der Waals surface area contributed by atoms with Gasteiger partial charge in [0, 0.05) is 56.4 Å². The van der Waals surface area contributed by atoms with E-state index < -0.39 is 54.9 Å². The van der Waals surface area contributed by atoms with E-state index in [-0.39, 0.29) is 73.9 Å². The summed E-state index contributed by atoms with van der Waals surface area (Å²) in [6, 6.07) is 8.73. The van der Waals surface area contributed by atoms with E-state index in [1.54, 1.807) is 44.2 Å². The zero-order chi connectivity index (χ0) is 49.3. The van der Waals surface area contributed by atoms with Crippen molar-refractivity contribution in [3.05, 3.63) is 75.7 Å². The van der Waals surface area contributed by atoms with Crippen molar-refractivity contribution in [2.45, 2.75) is 129 Å². The highest BCUT2D eigenvalue weighted by molar-refractivity contribution is 5.93. The van der Waals surface area contributed by atoms with E-state index in [1.165, 1.54) is 13.0 Å². The fourth-order valence-corrected chi connectivity index (χ4v) is 8.22. The minimum Gasteiger partial charge on any atom is -0.356 e. The second-order valence-corrected chi connectivity index (χ2v) is 17.7. The molecule has 0 spiro atoms. The number of amides is 8. The van der Waals surface area contributed by atoms with Crippen LogP contribution in [0.5, 0.6) is 0 Å². The maximum Gasteiger partial charge on any atom is 0.249 e. The molecular weight excluding hydrogens is 878 g/mol. The molecule has 0 unspecified atom stereocenters. The molecule has 19 heteroatoms. The van der Waals surface area contributed by atoms with Crippen LogP contribution in [0.1, 0.15) is 125 Å². The van der Waals surface area contributed by atoms with Gasteiger partial charge in [0.25, 0.3) is 0 Å². The van der Waals surface area contributed by atoms with Crippen molar-refractivity contribution in [3.63, 3.8) is 0 Å². The van der Waals surface area contributed by atoms with Crippen LogP contribution in [0, 0.1) is 18.7 Å². The van der Waals surface area contributed by atoms with Gasteiger partial charge in [-0.2, -0.15) is 0 Å². The van der Waals surface area contributed by atoms with Gasteiger partial charge in [0.15, 0.2) is 0 Å². The maximum absolute atomic E-state index is 15.2. The number of carbonyl (C=O) groups is 8. The summed E-state index contributed by atoms with van der Waals surface area (Å²) < 4.78 is 21.2. The Kier molecular flexibility index (Phi) is 19.7. The Labute approximate surface area is 396 Å². The minimum absolute atomic E-state index is 0.0663. The van der Waals surface area contributed by atoms with E-state index in [1.807, 2.05) is 13.8 Å². The minimum atomic E-state index is -1.12. The summed E-state index contributed by atoms with van der Waals surface area (Å²) in [5, 5.41) is 22.3. The van der Waals surface area contributed by atoms with Crippen molar-refractivity contribution >= 4 is 58.2 Å². The fraction of sp³-hybridized carbons (Fsp3) is 0.531. The van der Waals surface area contributed by atoms with Crippen molar-refractivity contribution < 1.29 is 47.5 Å². The van der Waals surface area contributed by atoms with Gasteiger partial charge < -0.3 is 47.3 Å². The van der Waals surface area contributed by atoms with Gasteiger partial charge in [-0.3, -0.25) is 43.3 Å². The van der Waals surface area contributed by atoms with Crippen molar-refractivity contribution in [2.24, 2.45) is 5.92 Å². The first-order valence-electron chi connectivity index (χ1n) is 23.5. The lowest BCUT2D eigenvalue weighted by Gasteiger charge is -2.32. The van der Waals surface area contributed by atoms with Crippen LogP contribution in [0.3, 0.4) is 0 Å². The lowest BCUT2D eigenvalue weighted by molar-refractivity contribution is -0.138. The first kappa shape index (κ1) is 52.5. The predicted molar refractivity (Wildman–Crippen MR) is 251 cm³/mol. The van der Waals surface area contributed by atoms with Crippen molar-refractivity contribution in [1.29, 1.82) is 0 Å². The van der Waals surface area contributed by atoms with Crippen molar-refractivity contribution in [3.8, 4) is 0 Å². The highest BCUT2D eigenvalue weighted by Gasteiger charge is 2.39. The SMILES string of the molecule is CCC(=O)NCc1c(C(C)C)nc2cc(F)c(C)c3c2c1[C@@H](NC(=O)[C@H](OCNC(=O)CNC(=O)[C@H](Cc1ccccc1)NC(=O)CNC(=O)CNC(=O)CCCCCNC(C)=O)C1CC1)CC3. The number of unbranched alkanes of at least 4 members (excludes halogenated alkanes) is 2. The lowest BCUT2D eigenvalue weighted by atomic mass is 9.80. The summed E-state index contributed by atoms with van der Waals surface area (Å²) >= 11 is 0. The molecule has 18 nitrogen and oxygen atoms in total. The number of rotatable bonds is 26. The van der Waals surface area contributed by atoms with E-state index in [0.29, 0.717) is 49.0 Å². The molecule has 8 N–H and O–H groups in total. The Morgan fingerprint density at radius 3 is 2.18 bits per heavy atom. The molecule has 1 fully saturated rings. The van der Waals surface area contributed by atoms with Crippen LogP contribution in [0.4, 0.5) is 4.39 Å². The standard InChI is InChI=1S/C49H66FN9O9/c1-6-39(61)52-23-34-45-36(19-18-33-29(4)35(50)22-37(44(33)45)58-46(34)28(2)3)59-49(67)47(32-16-17-32)68-27-56-42(64)25-55-48(66)38(21-31-13-9-7-10-14-31)57-43(65)26-54-41(63)24-53-40(62)15-11-8-12-20-51-30(5)60/h7,9-10,13-14,22,28,32,36,38,47H,6,8,11-12,15-21,23-27H2,1-5H3,(H,51,60)(H,52,61)(H,53,62)(H,54,63)(H,55,66)(H,56,64)(H,57,65)(H,59,67)/t36-,38-,47+/m0/s1. The van der Waals surface area contributed by atoms with Crippen LogP contribution in [0.2, 0.25) is 0 Å². The molecular formula is C49H66FN9O9. The van der Waals surface area contributed by atoms with E-state index >= 15 is 4.39 Å². The Bertz CT molecular complexity index is 2320. The smallest absolute Gasteiger partial charge is 0.249 e. The van der Waals surface area contributed by atoms with Gasteiger partial charge in [-0.05, 0) is 85.1 Å². The highest BCUT2D eigenvalue weighted by Crippen LogP contribution is 2.42. The van der Waals surface area contributed by atoms with E-state index in [2.05, 4.69) is 42.5 Å². The van der Waals surface area contributed by atoms with Gasteiger partial charge in [-0.15, -0.1) is 0 Å². The van der Waals surface area contributed by atoms with E-state index in [9.17, 15) is 38.4 Å². The van der Waals surface area contributed by atoms with Crippen LogP contribution in [-0.4, -0.2) is 97.3 Å². The molecule has 1 heterocycles. The molecule has 0 saturated heterocycles. The monoisotopic (exact) mass is 943 g/mol. The van der Waals surface area contributed by atoms with E-state index in [0.717, 1.165) is 53.3 Å². The van der Waals surface area contributed by atoms with Crippen LogP contribution >= 0.6 is 0 Å². The number of hydrogen-bond donors (Lipinski definition) is 8. The number of aryl methyl sites for hydroxylation is 1. The van der Waals surface area contributed by atoms with Crippen molar-refractivity contribution in [2.75, 3.05) is 32.9 Å². The maximum atomic E-state index is 15.2. The molecule has 5 rings (SSSR count). The molecule has 2 aromatic carbocycles. The number of nitrogens with one attached hydrogen (secondary N) is 8. The summed E-state index contributed by atoms with van der Waals surface area (Å²) in [6.45, 7) is 8.00. The van der Waals surface area contributed by atoms with Crippen molar-refractivity contribution in [1.82, 2.24) is 47.5 Å². The summed E-state index contributed by atoms with van der Waals surface area (Å²) in [5.74, 6) is -3.99. The largest absolute Gasteiger partial charge is 0.356 e. The first-order chi connectivity index (χ1) is 32.6. The molecule has 0 radical (unpaired) electrons. The fourth-order valence-electron chi connectivity index (χ4n) is 8.22. The summed E-state index contributed by atoms with van der Waals surface area (Å²) in [5.41, 5.74) is 4.88. The molecule has 1 saturated carbocycles. The lowest BCUT2D eigenvalue weighted by Crippen LogP contribution is -2.52. The molecule has 2 aliphatic carbocycles. The predicted octanol–water partition coefficient (Wildman–Crippen LogP) is 2.58. The first-order valence-corrected chi connectivity index (χ1v) is 23.5. The Morgan fingerprint density at radius 1 is 0.794 bits per heavy atom. The molecule has 3 aromatic rings. The molecule has 368 valence electrons. The average molecular weight is 944 g/mol. The van der Waals surface area contributed by atoms with Gasteiger partial charge in [-0.1, -0.05) is 57.5 Å². The Hall–Kier alpha value is -6.50. The summed E-state index contributed by atoms with van der Waals surface area (Å²) in [6.07, 6.45) is 4.18. The second-order valence-electron chi connectivity index (χ2n) is 17.7. The Balaban J connectivity index is 1.13. The van der Waals surface area contributed by atoms with E-state index in [4.69, 9.17) is 9.72 Å². The van der Waals surface area contributed by atoms with Crippen LogP contribution in [-0.2, 0) is 62.5 Å². The number of aromatic nitrogens is 1. The molecule has 2 aliphatic rings. The average Bonchev–Trinajstić information content (AvgIpc) is 4.16. The summed E-state index contributed by atoms with van der Waals surface area (Å²) in [7, 11) is 0. The molecule has 1 aromatic heterocycles. The summed E-state index contributed by atoms with van der Waals surface area (Å²) in [4.78, 5) is 106. The topological polar surface area (TPSA) is 255 Å². The van der Waals surface area contributed by atoms with Crippen LogP contribution < -0.4 is 42.5 Å². The zero-order valence-electron chi connectivity index (χ0n) is 39.7. The molecule has 8 amide bonds. The quantitative estimate of drug-likeness (QED) is 0.0431. The molecule has 3 atom stereocenters.